The Morgan fingerprint density at radius 2 is 2.06 bits per heavy atom. The van der Waals surface area contributed by atoms with Crippen molar-refractivity contribution in [3.05, 3.63) is 0 Å². The highest BCUT2D eigenvalue weighted by Crippen LogP contribution is 2.22. The molecular formula is C12H25ClN2O. The first-order valence-corrected chi connectivity index (χ1v) is 6.14. The maximum Gasteiger partial charge on any atom is 0.227 e. The van der Waals surface area contributed by atoms with E-state index < -0.39 is 0 Å². The molecule has 1 aliphatic heterocycles. The lowest BCUT2D eigenvalue weighted by molar-refractivity contribution is -0.139. The lowest BCUT2D eigenvalue weighted by atomic mass is 9.96. The van der Waals surface area contributed by atoms with Crippen LogP contribution in [-0.4, -0.2) is 29.4 Å². The zero-order valence-corrected chi connectivity index (χ0v) is 11.4. The molecule has 0 spiro atoms. The third-order valence-corrected chi connectivity index (χ3v) is 3.56. The van der Waals surface area contributed by atoms with Crippen LogP contribution < -0.4 is 5.73 Å². The Kier molecular flexibility index (Phi) is 7.00. The molecule has 0 aromatic carbocycles. The van der Waals surface area contributed by atoms with Crippen LogP contribution in [0.4, 0.5) is 0 Å². The molecule has 0 bridgehead atoms. The molecule has 1 heterocycles. The van der Waals surface area contributed by atoms with Gasteiger partial charge in [-0.3, -0.25) is 4.79 Å². The number of carbonyl (C=O) groups excluding carboxylic acids is 1. The van der Waals surface area contributed by atoms with Gasteiger partial charge >= 0.3 is 0 Å². The van der Waals surface area contributed by atoms with Crippen LogP contribution in [-0.2, 0) is 4.79 Å². The van der Waals surface area contributed by atoms with Gasteiger partial charge in [0.25, 0.3) is 0 Å². The largest absolute Gasteiger partial charge is 0.339 e. The summed E-state index contributed by atoms with van der Waals surface area (Å²) >= 11 is 0. The van der Waals surface area contributed by atoms with Crippen molar-refractivity contribution in [3.63, 3.8) is 0 Å². The Morgan fingerprint density at radius 1 is 1.44 bits per heavy atom. The number of likely N-dealkylation sites (tertiary alicyclic amines) is 1. The molecule has 0 aliphatic carbocycles. The van der Waals surface area contributed by atoms with Gasteiger partial charge in [0.15, 0.2) is 0 Å². The Hall–Kier alpha value is -0.280. The van der Waals surface area contributed by atoms with E-state index in [0.29, 0.717) is 6.04 Å². The highest BCUT2D eigenvalue weighted by molar-refractivity contribution is 5.85. The predicted octanol–water partition coefficient (Wildman–Crippen LogP) is 2.18. The predicted molar refractivity (Wildman–Crippen MR) is 69.7 cm³/mol. The Morgan fingerprint density at radius 3 is 2.56 bits per heavy atom. The van der Waals surface area contributed by atoms with Crippen molar-refractivity contribution in [2.75, 3.05) is 6.54 Å². The molecule has 1 amide bonds. The van der Waals surface area contributed by atoms with E-state index in [2.05, 4.69) is 11.8 Å². The van der Waals surface area contributed by atoms with Crippen LogP contribution in [0.15, 0.2) is 0 Å². The summed E-state index contributed by atoms with van der Waals surface area (Å²) in [5.41, 5.74) is 5.78. The Labute approximate surface area is 105 Å². The van der Waals surface area contributed by atoms with Gasteiger partial charge in [-0.15, -0.1) is 12.4 Å². The second-order valence-corrected chi connectivity index (χ2v) is 4.74. The van der Waals surface area contributed by atoms with Gasteiger partial charge in [0.2, 0.25) is 5.91 Å². The van der Waals surface area contributed by atoms with E-state index >= 15 is 0 Å². The van der Waals surface area contributed by atoms with Crippen molar-refractivity contribution < 1.29 is 4.79 Å². The van der Waals surface area contributed by atoms with Gasteiger partial charge in [-0.25, -0.2) is 0 Å². The van der Waals surface area contributed by atoms with E-state index in [1.165, 1.54) is 6.42 Å². The summed E-state index contributed by atoms with van der Waals surface area (Å²) in [6.45, 7) is 6.93. The van der Waals surface area contributed by atoms with Crippen LogP contribution in [0.3, 0.4) is 0 Å². The summed E-state index contributed by atoms with van der Waals surface area (Å²) in [7, 11) is 0. The van der Waals surface area contributed by atoms with Crippen LogP contribution in [0.5, 0.6) is 0 Å². The molecule has 1 rings (SSSR count). The summed E-state index contributed by atoms with van der Waals surface area (Å²) in [5, 5.41) is 0. The SMILES string of the molecule is CCC1CCCCN1C(=O)C(C)C(C)N.Cl. The molecule has 3 unspecified atom stereocenters. The summed E-state index contributed by atoms with van der Waals surface area (Å²) in [6.07, 6.45) is 4.63. The minimum absolute atomic E-state index is 0. The third-order valence-electron chi connectivity index (χ3n) is 3.56. The first kappa shape index (κ1) is 15.7. The van der Waals surface area contributed by atoms with Crippen molar-refractivity contribution in [2.45, 2.75) is 58.5 Å². The zero-order valence-electron chi connectivity index (χ0n) is 10.6. The van der Waals surface area contributed by atoms with Gasteiger partial charge < -0.3 is 10.6 Å². The van der Waals surface area contributed by atoms with E-state index in [1.54, 1.807) is 0 Å². The van der Waals surface area contributed by atoms with E-state index in [0.717, 1.165) is 25.8 Å². The fourth-order valence-corrected chi connectivity index (χ4v) is 2.20. The molecule has 0 radical (unpaired) electrons. The van der Waals surface area contributed by atoms with Gasteiger partial charge in [0, 0.05) is 18.6 Å². The van der Waals surface area contributed by atoms with Crippen LogP contribution in [0, 0.1) is 5.92 Å². The molecular weight excluding hydrogens is 224 g/mol. The van der Waals surface area contributed by atoms with Crippen LogP contribution in [0.2, 0.25) is 0 Å². The molecule has 96 valence electrons. The number of hydrogen-bond donors (Lipinski definition) is 1. The highest BCUT2D eigenvalue weighted by atomic mass is 35.5. The normalized spacial score (nSPS) is 24.5. The van der Waals surface area contributed by atoms with E-state index in [4.69, 9.17) is 5.73 Å². The zero-order chi connectivity index (χ0) is 11.4. The first-order valence-electron chi connectivity index (χ1n) is 6.14. The molecule has 1 fully saturated rings. The monoisotopic (exact) mass is 248 g/mol. The molecule has 4 heteroatoms. The smallest absolute Gasteiger partial charge is 0.227 e. The fourth-order valence-electron chi connectivity index (χ4n) is 2.20. The van der Waals surface area contributed by atoms with Crippen molar-refractivity contribution in [1.29, 1.82) is 0 Å². The summed E-state index contributed by atoms with van der Waals surface area (Å²) < 4.78 is 0. The van der Waals surface area contributed by atoms with Crippen LogP contribution in [0.25, 0.3) is 0 Å². The summed E-state index contributed by atoms with van der Waals surface area (Å²) in [6, 6.07) is 0.407. The molecule has 3 atom stereocenters. The Balaban J connectivity index is 0.00000225. The van der Waals surface area contributed by atoms with Gasteiger partial charge in [-0.05, 0) is 32.6 Å². The number of rotatable bonds is 3. The maximum atomic E-state index is 12.2. The Bertz CT molecular complexity index is 221. The molecule has 1 aliphatic rings. The fraction of sp³-hybridized carbons (Fsp3) is 0.917. The third kappa shape index (κ3) is 3.63. The van der Waals surface area contributed by atoms with E-state index in [9.17, 15) is 4.79 Å². The summed E-state index contributed by atoms with van der Waals surface area (Å²) in [5.74, 6) is 0.203. The standard InChI is InChI=1S/C12H24N2O.ClH/c1-4-11-7-5-6-8-14(11)12(15)9(2)10(3)13;/h9-11H,4-8,13H2,1-3H3;1H. The number of carbonyl (C=O) groups is 1. The molecule has 1 saturated heterocycles. The molecule has 0 aromatic heterocycles. The van der Waals surface area contributed by atoms with E-state index in [-0.39, 0.29) is 30.3 Å². The maximum absolute atomic E-state index is 12.2. The van der Waals surface area contributed by atoms with Gasteiger partial charge in [-0.2, -0.15) is 0 Å². The summed E-state index contributed by atoms with van der Waals surface area (Å²) in [4.78, 5) is 14.2. The molecule has 3 nitrogen and oxygen atoms in total. The number of amides is 1. The van der Waals surface area contributed by atoms with Crippen LogP contribution >= 0.6 is 12.4 Å². The number of nitrogens with two attached hydrogens (primary N) is 1. The lowest BCUT2D eigenvalue weighted by Gasteiger charge is -2.37. The lowest BCUT2D eigenvalue weighted by Crippen LogP contribution is -2.48. The highest BCUT2D eigenvalue weighted by Gasteiger charge is 2.29. The molecule has 16 heavy (non-hydrogen) atoms. The number of hydrogen-bond acceptors (Lipinski definition) is 2. The molecule has 0 aromatic rings. The second-order valence-electron chi connectivity index (χ2n) is 4.74. The number of piperidine rings is 1. The minimum Gasteiger partial charge on any atom is -0.339 e. The molecule has 0 saturated carbocycles. The number of nitrogens with zero attached hydrogens (tertiary/aromatic N) is 1. The van der Waals surface area contributed by atoms with Gasteiger partial charge in [0.05, 0.1) is 5.92 Å². The van der Waals surface area contributed by atoms with E-state index in [1.807, 2.05) is 13.8 Å². The average molecular weight is 249 g/mol. The van der Waals surface area contributed by atoms with Gasteiger partial charge in [0.1, 0.15) is 0 Å². The molecule has 2 N–H and O–H groups in total. The van der Waals surface area contributed by atoms with Crippen molar-refractivity contribution in [3.8, 4) is 0 Å². The average Bonchev–Trinajstić information content (AvgIpc) is 2.26. The van der Waals surface area contributed by atoms with Crippen LogP contribution in [0.1, 0.15) is 46.5 Å². The quantitative estimate of drug-likeness (QED) is 0.832. The second kappa shape index (κ2) is 7.13. The first-order chi connectivity index (χ1) is 7.07. The van der Waals surface area contributed by atoms with Crippen molar-refractivity contribution in [2.24, 2.45) is 11.7 Å². The minimum atomic E-state index is -0.0445. The van der Waals surface area contributed by atoms with Crippen molar-refractivity contribution >= 4 is 18.3 Å². The number of halogens is 1. The van der Waals surface area contributed by atoms with Crippen molar-refractivity contribution in [1.82, 2.24) is 4.90 Å². The topological polar surface area (TPSA) is 46.3 Å². The van der Waals surface area contributed by atoms with Gasteiger partial charge in [-0.1, -0.05) is 13.8 Å².